The van der Waals surface area contributed by atoms with Gasteiger partial charge in [0.2, 0.25) is 0 Å². The molecule has 0 spiro atoms. The third-order valence-electron chi connectivity index (χ3n) is 2.30. The highest BCUT2D eigenvalue weighted by Gasteiger charge is 2.23. The van der Waals surface area contributed by atoms with Crippen molar-refractivity contribution in [1.82, 2.24) is 5.32 Å². The summed E-state index contributed by atoms with van der Waals surface area (Å²) in [6.07, 6.45) is 0.666. The Morgan fingerprint density at radius 2 is 2.29 bits per heavy atom. The molecule has 0 saturated carbocycles. The van der Waals surface area contributed by atoms with Gasteiger partial charge in [-0.05, 0) is 46.6 Å². The van der Waals surface area contributed by atoms with Gasteiger partial charge in [-0.2, -0.15) is 0 Å². The van der Waals surface area contributed by atoms with Crippen LogP contribution in [0.5, 0.6) is 0 Å². The number of nitrogens with one attached hydrogen (secondary N) is 1. The van der Waals surface area contributed by atoms with Crippen LogP contribution in [0, 0.1) is 5.92 Å². The van der Waals surface area contributed by atoms with Crippen molar-refractivity contribution in [3.05, 3.63) is 20.8 Å². The molecule has 0 aromatic carbocycles. The summed E-state index contributed by atoms with van der Waals surface area (Å²) in [6, 6.07) is 1.84. The number of carbonyl (C=O) groups is 1. The first kappa shape index (κ1) is 14.7. The van der Waals surface area contributed by atoms with E-state index < -0.39 is 5.60 Å². The lowest BCUT2D eigenvalue weighted by molar-refractivity contribution is 0.0369. The van der Waals surface area contributed by atoms with E-state index in [0.29, 0.717) is 17.2 Å². The number of rotatable bonds is 5. The molecular weight excluding hydrogens is 302 g/mol. The average Bonchev–Trinajstić information content (AvgIpc) is 2.59. The molecule has 1 atom stereocenters. The van der Waals surface area contributed by atoms with Gasteiger partial charge >= 0.3 is 0 Å². The van der Waals surface area contributed by atoms with Crippen LogP contribution in [0.15, 0.2) is 15.9 Å². The lowest BCUT2D eigenvalue weighted by atomic mass is 9.94. The third kappa shape index (κ3) is 4.77. The van der Waals surface area contributed by atoms with Crippen LogP contribution >= 0.6 is 27.3 Å². The summed E-state index contributed by atoms with van der Waals surface area (Å²) < 4.78 is 0.795. The maximum Gasteiger partial charge on any atom is 0.262 e. The van der Waals surface area contributed by atoms with Gasteiger partial charge in [-0.15, -0.1) is 11.3 Å². The molecule has 2 N–H and O–H groups in total. The van der Waals surface area contributed by atoms with E-state index in [9.17, 15) is 9.90 Å². The van der Waals surface area contributed by atoms with Crippen LogP contribution in [0.25, 0.3) is 0 Å². The second kappa shape index (κ2) is 5.98. The quantitative estimate of drug-likeness (QED) is 0.876. The van der Waals surface area contributed by atoms with Crippen molar-refractivity contribution in [1.29, 1.82) is 0 Å². The predicted molar refractivity (Wildman–Crippen MR) is 74.4 cm³/mol. The molecule has 5 heteroatoms. The highest BCUT2D eigenvalue weighted by Crippen LogP contribution is 2.22. The van der Waals surface area contributed by atoms with Crippen LogP contribution < -0.4 is 5.32 Å². The molecule has 1 rings (SSSR count). The molecular formula is C12H18BrNO2S. The Labute approximate surface area is 114 Å². The van der Waals surface area contributed by atoms with Gasteiger partial charge in [0.1, 0.15) is 4.88 Å². The zero-order valence-corrected chi connectivity index (χ0v) is 12.7. The first-order valence-electron chi connectivity index (χ1n) is 5.55. The fourth-order valence-corrected chi connectivity index (χ4v) is 3.23. The second-order valence-corrected chi connectivity index (χ2v) is 6.65. The molecule has 0 aliphatic carbocycles. The molecule has 1 aromatic rings. The van der Waals surface area contributed by atoms with E-state index in [1.807, 2.05) is 25.3 Å². The molecule has 1 aromatic heterocycles. The minimum Gasteiger partial charge on any atom is -0.388 e. The minimum absolute atomic E-state index is 0.143. The number of hydrogen-bond acceptors (Lipinski definition) is 3. The first-order chi connectivity index (χ1) is 7.82. The van der Waals surface area contributed by atoms with E-state index in [4.69, 9.17) is 0 Å². The predicted octanol–water partition coefficient (Wildman–Crippen LogP) is 3.04. The Morgan fingerprint density at radius 1 is 1.65 bits per heavy atom. The molecule has 0 radical (unpaired) electrons. The van der Waals surface area contributed by atoms with Crippen LogP contribution in [0.2, 0.25) is 0 Å². The van der Waals surface area contributed by atoms with Gasteiger partial charge in [0, 0.05) is 11.0 Å². The molecule has 1 heterocycles. The molecule has 17 heavy (non-hydrogen) atoms. The molecule has 0 bridgehead atoms. The van der Waals surface area contributed by atoms with E-state index in [1.54, 1.807) is 6.92 Å². The van der Waals surface area contributed by atoms with Crippen molar-refractivity contribution in [2.24, 2.45) is 5.92 Å². The van der Waals surface area contributed by atoms with Crippen LogP contribution in [-0.4, -0.2) is 23.2 Å². The van der Waals surface area contributed by atoms with Crippen molar-refractivity contribution in [3.63, 3.8) is 0 Å². The van der Waals surface area contributed by atoms with Crippen LogP contribution in [0.4, 0.5) is 0 Å². The van der Waals surface area contributed by atoms with Gasteiger partial charge in [-0.3, -0.25) is 4.79 Å². The van der Waals surface area contributed by atoms with Crippen molar-refractivity contribution in [3.8, 4) is 0 Å². The zero-order chi connectivity index (χ0) is 13.1. The standard InChI is InChI=1S/C12H18BrNO2S/c1-8(2)6-12(3,16)7-14-11(15)10-9(13)4-5-17-10/h4-5,8,16H,6-7H2,1-3H3,(H,14,15). The van der Waals surface area contributed by atoms with Gasteiger partial charge in [0.15, 0.2) is 0 Å². The Hall–Kier alpha value is -0.390. The van der Waals surface area contributed by atoms with Gasteiger partial charge < -0.3 is 10.4 Å². The molecule has 0 aliphatic rings. The lowest BCUT2D eigenvalue weighted by Crippen LogP contribution is -2.41. The SMILES string of the molecule is CC(C)CC(C)(O)CNC(=O)c1sccc1Br. The topological polar surface area (TPSA) is 49.3 Å². The summed E-state index contributed by atoms with van der Waals surface area (Å²) in [5.74, 6) is 0.256. The highest BCUT2D eigenvalue weighted by molar-refractivity contribution is 9.10. The van der Waals surface area contributed by atoms with Gasteiger partial charge in [0.05, 0.1) is 5.60 Å². The summed E-state index contributed by atoms with van der Waals surface area (Å²) in [5.41, 5.74) is -0.854. The molecule has 1 amide bonds. The van der Waals surface area contributed by atoms with Gasteiger partial charge in [-0.25, -0.2) is 0 Å². The summed E-state index contributed by atoms with van der Waals surface area (Å²) in [7, 11) is 0. The summed E-state index contributed by atoms with van der Waals surface area (Å²) in [6.45, 7) is 6.11. The number of aliphatic hydroxyl groups is 1. The Kier molecular flexibility index (Phi) is 5.16. The maximum atomic E-state index is 11.8. The van der Waals surface area contributed by atoms with Crippen LogP contribution in [0.3, 0.4) is 0 Å². The molecule has 0 saturated heterocycles. The average molecular weight is 320 g/mol. The lowest BCUT2D eigenvalue weighted by Gasteiger charge is -2.25. The zero-order valence-electron chi connectivity index (χ0n) is 10.3. The summed E-state index contributed by atoms with van der Waals surface area (Å²) in [4.78, 5) is 12.5. The first-order valence-corrected chi connectivity index (χ1v) is 7.22. The number of carbonyl (C=O) groups excluding carboxylic acids is 1. The van der Waals surface area contributed by atoms with E-state index in [-0.39, 0.29) is 12.5 Å². The van der Waals surface area contributed by atoms with Gasteiger partial charge in [0.25, 0.3) is 5.91 Å². The molecule has 0 fully saturated rings. The normalized spacial score (nSPS) is 14.7. The molecule has 0 aliphatic heterocycles. The van der Waals surface area contributed by atoms with E-state index in [2.05, 4.69) is 21.2 Å². The number of hydrogen-bond donors (Lipinski definition) is 2. The van der Waals surface area contributed by atoms with Gasteiger partial charge in [-0.1, -0.05) is 13.8 Å². The third-order valence-corrected chi connectivity index (χ3v) is 4.14. The van der Waals surface area contributed by atoms with Crippen molar-refractivity contribution < 1.29 is 9.90 Å². The van der Waals surface area contributed by atoms with Crippen LogP contribution in [0.1, 0.15) is 36.9 Å². The Bertz CT molecular complexity index is 388. The van der Waals surface area contributed by atoms with E-state index >= 15 is 0 Å². The van der Waals surface area contributed by atoms with Crippen molar-refractivity contribution in [2.75, 3.05) is 6.54 Å². The number of thiophene rings is 1. The fourth-order valence-electron chi connectivity index (χ4n) is 1.76. The Balaban J connectivity index is 2.51. The number of halogens is 1. The second-order valence-electron chi connectivity index (χ2n) is 4.88. The molecule has 1 unspecified atom stereocenters. The highest BCUT2D eigenvalue weighted by atomic mass is 79.9. The Morgan fingerprint density at radius 3 is 2.76 bits per heavy atom. The summed E-state index contributed by atoms with van der Waals surface area (Å²) >= 11 is 4.70. The summed E-state index contributed by atoms with van der Waals surface area (Å²) in [5, 5.41) is 14.7. The fraction of sp³-hybridized carbons (Fsp3) is 0.583. The largest absolute Gasteiger partial charge is 0.388 e. The molecule has 96 valence electrons. The van der Waals surface area contributed by atoms with Crippen LogP contribution in [-0.2, 0) is 0 Å². The van der Waals surface area contributed by atoms with Crippen molar-refractivity contribution in [2.45, 2.75) is 32.8 Å². The van der Waals surface area contributed by atoms with E-state index in [0.717, 1.165) is 4.47 Å². The monoisotopic (exact) mass is 319 g/mol. The maximum absolute atomic E-state index is 11.8. The van der Waals surface area contributed by atoms with Crippen molar-refractivity contribution >= 4 is 33.2 Å². The molecule has 3 nitrogen and oxygen atoms in total. The van der Waals surface area contributed by atoms with E-state index in [1.165, 1.54) is 11.3 Å². The minimum atomic E-state index is -0.854. The smallest absolute Gasteiger partial charge is 0.262 e. The number of amides is 1.